The number of aliphatic hydroxyl groups excluding tert-OH is 1. The normalized spacial score (nSPS) is 38.4. The summed E-state index contributed by atoms with van der Waals surface area (Å²) in [6.45, 7) is 4.51. The lowest BCUT2D eigenvalue weighted by atomic mass is 9.51. The molecule has 0 amide bonds. The minimum absolute atomic E-state index is 0.201. The predicted octanol–water partition coefficient (Wildman–Crippen LogP) is 5.81. The zero-order valence-electron chi connectivity index (χ0n) is 17.5. The minimum Gasteiger partial charge on any atom is -0.508 e. The van der Waals surface area contributed by atoms with Gasteiger partial charge in [0.25, 0.3) is 0 Å². The van der Waals surface area contributed by atoms with Gasteiger partial charge < -0.3 is 10.2 Å². The van der Waals surface area contributed by atoms with E-state index in [4.69, 9.17) is 0 Å². The molecule has 2 N–H and O–H groups in total. The van der Waals surface area contributed by atoms with E-state index in [1.165, 1.54) is 29.5 Å². The van der Waals surface area contributed by atoms with Crippen LogP contribution in [0.5, 0.6) is 5.75 Å². The van der Waals surface area contributed by atoms with Gasteiger partial charge in [0.05, 0.1) is 6.10 Å². The topological polar surface area (TPSA) is 40.5 Å². The van der Waals surface area contributed by atoms with Gasteiger partial charge in [-0.05, 0) is 90.5 Å². The summed E-state index contributed by atoms with van der Waals surface area (Å²) in [6.07, 6.45) is 8.41. The van der Waals surface area contributed by atoms with Crippen LogP contribution in [0.3, 0.4) is 0 Å². The molecule has 3 aliphatic carbocycles. The van der Waals surface area contributed by atoms with Crippen LogP contribution in [0.25, 0.3) is 0 Å². The standard InChI is InChI=1S/C27H32O2/c1-3-7-22-24(29)16-27(2)13-12-21-20-11-10-19(28)14-18(20)15-23(25(21)26(22)27)17-8-5-4-6-9-17/h3-11,14,21-26,28-29H,12-13,15-16H2,1-2H3/t21-,22-,23+,24+,25+,26+,27-/m1/s1. The quantitative estimate of drug-likeness (QED) is 0.638. The fourth-order valence-electron chi connectivity index (χ4n) is 7.28. The van der Waals surface area contributed by atoms with E-state index in [9.17, 15) is 10.2 Å². The van der Waals surface area contributed by atoms with Crippen molar-refractivity contribution in [1.29, 1.82) is 0 Å². The summed E-state index contributed by atoms with van der Waals surface area (Å²) in [5, 5.41) is 21.1. The molecule has 0 radical (unpaired) electrons. The maximum atomic E-state index is 11.0. The molecule has 29 heavy (non-hydrogen) atoms. The van der Waals surface area contributed by atoms with Crippen LogP contribution in [0, 0.1) is 23.2 Å². The molecule has 2 fully saturated rings. The number of aliphatic hydroxyl groups is 1. The third kappa shape index (κ3) is 2.95. The number of allylic oxidation sites excluding steroid dienone is 1. The molecule has 0 aromatic heterocycles. The fourth-order valence-corrected chi connectivity index (χ4v) is 7.28. The number of rotatable bonds is 2. The highest BCUT2D eigenvalue weighted by atomic mass is 16.3. The Kier molecular flexibility index (Phi) is 4.58. The van der Waals surface area contributed by atoms with Crippen LogP contribution in [0.15, 0.2) is 60.7 Å². The van der Waals surface area contributed by atoms with Gasteiger partial charge in [-0.25, -0.2) is 0 Å². The summed E-state index contributed by atoms with van der Waals surface area (Å²) >= 11 is 0. The summed E-state index contributed by atoms with van der Waals surface area (Å²) in [5.74, 6) is 2.55. The van der Waals surface area contributed by atoms with Crippen LogP contribution in [0.2, 0.25) is 0 Å². The van der Waals surface area contributed by atoms with Crippen molar-refractivity contribution in [2.24, 2.45) is 23.2 Å². The Morgan fingerprint density at radius 3 is 2.62 bits per heavy atom. The van der Waals surface area contributed by atoms with Gasteiger partial charge in [0.2, 0.25) is 0 Å². The largest absolute Gasteiger partial charge is 0.508 e. The Balaban J connectivity index is 1.67. The van der Waals surface area contributed by atoms with Crippen LogP contribution >= 0.6 is 0 Å². The lowest BCUT2D eigenvalue weighted by Gasteiger charge is -2.53. The van der Waals surface area contributed by atoms with Gasteiger partial charge in [0.1, 0.15) is 5.75 Å². The predicted molar refractivity (Wildman–Crippen MR) is 117 cm³/mol. The van der Waals surface area contributed by atoms with Gasteiger partial charge in [-0.1, -0.05) is 55.5 Å². The van der Waals surface area contributed by atoms with Crippen LogP contribution in [-0.2, 0) is 6.42 Å². The molecule has 152 valence electrons. The second-order valence-corrected chi connectivity index (χ2v) is 9.88. The summed E-state index contributed by atoms with van der Waals surface area (Å²) in [6, 6.07) is 17.0. The maximum Gasteiger partial charge on any atom is 0.115 e. The molecule has 5 rings (SSSR count). The van der Waals surface area contributed by atoms with Crippen molar-refractivity contribution in [1.82, 2.24) is 0 Å². The lowest BCUT2D eigenvalue weighted by molar-refractivity contribution is 0.0307. The van der Waals surface area contributed by atoms with Crippen LogP contribution in [-0.4, -0.2) is 16.3 Å². The van der Waals surface area contributed by atoms with E-state index in [1.54, 1.807) is 0 Å². The van der Waals surface area contributed by atoms with Gasteiger partial charge >= 0.3 is 0 Å². The van der Waals surface area contributed by atoms with Crippen molar-refractivity contribution in [2.75, 3.05) is 0 Å². The third-order valence-corrected chi connectivity index (χ3v) is 8.32. The van der Waals surface area contributed by atoms with Crippen molar-refractivity contribution in [2.45, 2.75) is 57.5 Å². The van der Waals surface area contributed by atoms with E-state index in [1.807, 2.05) is 12.1 Å². The van der Waals surface area contributed by atoms with Gasteiger partial charge in [-0.15, -0.1) is 0 Å². The Bertz CT molecular complexity index is 917. The van der Waals surface area contributed by atoms with Crippen molar-refractivity contribution >= 4 is 0 Å². The average Bonchev–Trinajstić information content (AvgIpc) is 2.97. The first-order chi connectivity index (χ1) is 14.0. The van der Waals surface area contributed by atoms with E-state index in [-0.39, 0.29) is 17.4 Å². The summed E-state index contributed by atoms with van der Waals surface area (Å²) < 4.78 is 0. The molecular formula is C27H32O2. The molecule has 0 aliphatic heterocycles. The molecule has 0 unspecified atom stereocenters. The zero-order valence-corrected chi connectivity index (χ0v) is 17.5. The van der Waals surface area contributed by atoms with E-state index in [0.29, 0.717) is 29.4 Å². The summed E-state index contributed by atoms with van der Waals surface area (Å²) in [4.78, 5) is 0. The maximum absolute atomic E-state index is 11.0. The first-order valence-corrected chi connectivity index (χ1v) is 11.2. The van der Waals surface area contributed by atoms with Crippen LogP contribution in [0.4, 0.5) is 0 Å². The number of benzene rings is 2. The average molecular weight is 389 g/mol. The van der Waals surface area contributed by atoms with Gasteiger partial charge in [-0.2, -0.15) is 0 Å². The molecular weight excluding hydrogens is 356 g/mol. The van der Waals surface area contributed by atoms with Gasteiger partial charge in [0.15, 0.2) is 0 Å². The molecule has 0 spiro atoms. The molecule has 2 aromatic rings. The molecule has 2 heteroatoms. The molecule has 2 saturated carbocycles. The van der Waals surface area contributed by atoms with Crippen LogP contribution < -0.4 is 0 Å². The number of hydrogen-bond donors (Lipinski definition) is 2. The second-order valence-electron chi connectivity index (χ2n) is 9.88. The van der Waals surface area contributed by atoms with Gasteiger partial charge in [0, 0.05) is 5.92 Å². The van der Waals surface area contributed by atoms with Gasteiger partial charge in [-0.3, -0.25) is 0 Å². The number of fused-ring (bicyclic) bond motifs is 5. The molecule has 0 bridgehead atoms. The van der Waals surface area contributed by atoms with E-state index >= 15 is 0 Å². The smallest absolute Gasteiger partial charge is 0.115 e. The minimum atomic E-state index is -0.238. The fraction of sp³-hybridized carbons (Fsp3) is 0.481. The molecule has 2 nitrogen and oxygen atoms in total. The third-order valence-electron chi connectivity index (χ3n) is 8.32. The van der Waals surface area contributed by atoms with E-state index in [0.717, 1.165) is 12.8 Å². The number of hydrogen-bond acceptors (Lipinski definition) is 2. The molecule has 0 heterocycles. The van der Waals surface area contributed by atoms with Crippen molar-refractivity contribution in [3.05, 3.63) is 77.4 Å². The Labute approximate surface area is 174 Å². The number of phenols is 1. The number of phenolic OH excluding ortho intramolecular Hbond substituents is 1. The first-order valence-electron chi connectivity index (χ1n) is 11.2. The van der Waals surface area contributed by atoms with E-state index in [2.05, 4.69) is 62.4 Å². The van der Waals surface area contributed by atoms with Crippen LogP contribution in [0.1, 0.15) is 61.6 Å². The first kappa shape index (κ1) is 18.9. The second kappa shape index (κ2) is 7.02. The highest BCUT2D eigenvalue weighted by Crippen LogP contribution is 2.65. The highest BCUT2D eigenvalue weighted by molar-refractivity contribution is 5.43. The summed E-state index contributed by atoms with van der Waals surface area (Å²) in [5.41, 5.74) is 4.35. The molecule has 7 atom stereocenters. The van der Waals surface area contributed by atoms with Crippen molar-refractivity contribution in [3.63, 3.8) is 0 Å². The Morgan fingerprint density at radius 2 is 1.86 bits per heavy atom. The zero-order chi connectivity index (χ0) is 20.2. The van der Waals surface area contributed by atoms with E-state index < -0.39 is 0 Å². The summed E-state index contributed by atoms with van der Waals surface area (Å²) in [7, 11) is 0. The van der Waals surface area contributed by atoms with Crippen molar-refractivity contribution < 1.29 is 10.2 Å². The Morgan fingerprint density at radius 1 is 1.07 bits per heavy atom. The highest BCUT2D eigenvalue weighted by Gasteiger charge is 2.59. The monoisotopic (exact) mass is 388 g/mol. The number of aromatic hydroxyl groups is 1. The SMILES string of the molecule is CC=C[C@H]1[C@H]2[C@H]3[C@H](CC[C@]2(C)C[C@@H]1O)c1ccc(O)cc1C[C@H]3c1ccccc1. The Hall–Kier alpha value is -2.06. The molecule has 0 saturated heterocycles. The molecule has 2 aromatic carbocycles. The van der Waals surface area contributed by atoms with Crippen molar-refractivity contribution in [3.8, 4) is 5.75 Å². The lowest BCUT2D eigenvalue weighted by Crippen LogP contribution is -2.45. The molecule has 3 aliphatic rings.